The third kappa shape index (κ3) is 4.78. The van der Waals surface area contributed by atoms with E-state index in [0.29, 0.717) is 24.6 Å². The van der Waals surface area contributed by atoms with Gasteiger partial charge < -0.3 is 4.90 Å². The highest BCUT2D eigenvalue weighted by atomic mass is 32.2. The van der Waals surface area contributed by atoms with Crippen molar-refractivity contribution in [2.24, 2.45) is 5.41 Å². The number of carbonyl (C=O) groups excluding carboxylic acids is 1. The van der Waals surface area contributed by atoms with Gasteiger partial charge in [-0.25, -0.2) is 0 Å². The fourth-order valence-electron chi connectivity index (χ4n) is 1.32. The molecule has 0 aromatic heterocycles. The lowest BCUT2D eigenvalue weighted by atomic mass is 9.95. The Labute approximate surface area is 95.7 Å². The van der Waals surface area contributed by atoms with Gasteiger partial charge in [0.15, 0.2) is 0 Å². The number of rotatable bonds is 0. The standard InChI is InChI=1S/C9H17NO2S.C2H6/c1-9(2,3)8(11)10-4-6-13(12)7-5-10;1-2/h4-7H2,1-3H3;1-2H3. The summed E-state index contributed by atoms with van der Waals surface area (Å²) in [4.78, 5) is 13.6. The second kappa shape index (κ2) is 6.26. The maximum atomic E-state index is 11.8. The van der Waals surface area contributed by atoms with Gasteiger partial charge in [-0.2, -0.15) is 0 Å². The van der Waals surface area contributed by atoms with Crippen LogP contribution in [0.15, 0.2) is 0 Å². The topological polar surface area (TPSA) is 37.4 Å². The van der Waals surface area contributed by atoms with Crippen molar-refractivity contribution in [3.05, 3.63) is 0 Å². The first-order chi connectivity index (χ1) is 6.91. The van der Waals surface area contributed by atoms with Crippen LogP contribution >= 0.6 is 0 Å². The summed E-state index contributed by atoms with van der Waals surface area (Å²) in [5, 5.41) is 0. The average Bonchev–Trinajstić information content (AvgIpc) is 2.20. The van der Waals surface area contributed by atoms with Crippen LogP contribution in [0.3, 0.4) is 0 Å². The van der Waals surface area contributed by atoms with Gasteiger partial charge in [0.05, 0.1) is 0 Å². The predicted molar refractivity (Wildman–Crippen MR) is 65.3 cm³/mol. The summed E-state index contributed by atoms with van der Waals surface area (Å²) in [5.74, 6) is 1.45. The summed E-state index contributed by atoms with van der Waals surface area (Å²) in [7, 11) is -0.698. The second-order valence-corrected chi connectivity index (χ2v) is 6.09. The minimum atomic E-state index is -0.698. The number of hydrogen-bond acceptors (Lipinski definition) is 2. The first kappa shape index (κ1) is 14.6. The molecule has 0 N–H and O–H groups in total. The highest BCUT2D eigenvalue weighted by Gasteiger charge is 2.29. The van der Waals surface area contributed by atoms with E-state index in [1.165, 1.54) is 0 Å². The number of nitrogens with zero attached hydrogens (tertiary/aromatic N) is 1. The van der Waals surface area contributed by atoms with Crippen LogP contribution in [-0.4, -0.2) is 39.6 Å². The fourth-order valence-corrected chi connectivity index (χ4v) is 2.37. The third-order valence-corrected chi connectivity index (χ3v) is 3.38. The van der Waals surface area contributed by atoms with E-state index in [1.807, 2.05) is 39.5 Å². The van der Waals surface area contributed by atoms with Crippen LogP contribution in [0, 0.1) is 5.41 Å². The van der Waals surface area contributed by atoms with Crippen molar-refractivity contribution >= 4 is 16.7 Å². The molecule has 1 aliphatic heterocycles. The third-order valence-electron chi connectivity index (χ3n) is 2.11. The van der Waals surface area contributed by atoms with E-state index in [1.54, 1.807) is 0 Å². The SMILES string of the molecule is CC.CC(C)(C)C(=O)N1CCS(=O)CC1. The van der Waals surface area contributed by atoms with Gasteiger partial charge in [-0.3, -0.25) is 9.00 Å². The molecular formula is C11H23NO2S. The molecule has 0 spiro atoms. The number of amides is 1. The molecule has 0 aliphatic carbocycles. The van der Waals surface area contributed by atoms with E-state index in [-0.39, 0.29) is 11.3 Å². The molecule has 1 aliphatic rings. The molecule has 1 amide bonds. The minimum absolute atomic E-state index is 0.171. The van der Waals surface area contributed by atoms with E-state index in [2.05, 4.69) is 0 Å². The maximum absolute atomic E-state index is 11.8. The predicted octanol–water partition coefficient (Wildman–Crippen LogP) is 1.65. The first-order valence-corrected chi connectivity index (χ1v) is 7.04. The van der Waals surface area contributed by atoms with E-state index in [9.17, 15) is 9.00 Å². The molecule has 3 nitrogen and oxygen atoms in total. The van der Waals surface area contributed by atoms with Gasteiger partial charge in [-0.1, -0.05) is 34.6 Å². The van der Waals surface area contributed by atoms with E-state index in [4.69, 9.17) is 0 Å². The molecule has 0 radical (unpaired) electrons. The molecule has 0 aromatic rings. The van der Waals surface area contributed by atoms with Crippen LogP contribution in [0.4, 0.5) is 0 Å². The van der Waals surface area contributed by atoms with Crippen molar-refractivity contribution in [2.75, 3.05) is 24.6 Å². The Morgan fingerprint density at radius 2 is 1.53 bits per heavy atom. The molecule has 1 rings (SSSR count). The Morgan fingerprint density at radius 3 is 1.87 bits per heavy atom. The highest BCUT2D eigenvalue weighted by Crippen LogP contribution is 2.18. The summed E-state index contributed by atoms with van der Waals surface area (Å²) < 4.78 is 11.1. The normalized spacial score (nSPS) is 18.1. The van der Waals surface area contributed by atoms with Crippen molar-refractivity contribution in [3.63, 3.8) is 0 Å². The van der Waals surface area contributed by atoms with E-state index in [0.717, 1.165) is 0 Å². The number of hydrogen-bond donors (Lipinski definition) is 0. The van der Waals surface area contributed by atoms with Crippen molar-refractivity contribution in [2.45, 2.75) is 34.6 Å². The first-order valence-electron chi connectivity index (χ1n) is 5.55. The van der Waals surface area contributed by atoms with Crippen molar-refractivity contribution in [3.8, 4) is 0 Å². The Balaban J connectivity index is 0.000000921. The van der Waals surface area contributed by atoms with Crippen molar-refractivity contribution < 1.29 is 9.00 Å². The summed E-state index contributed by atoms with van der Waals surface area (Å²) in [6.45, 7) is 11.1. The van der Waals surface area contributed by atoms with Crippen LogP contribution in [0.25, 0.3) is 0 Å². The molecule has 0 saturated carbocycles. The monoisotopic (exact) mass is 233 g/mol. The van der Waals surface area contributed by atoms with Crippen molar-refractivity contribution in [1.82, 2.24) is 4.90 Å². The minimum Gasteiger partial charge on any atom is -0.340 e. The zero-order chi connectivity index (χ0) is 12.1. The summed E-state index contributed by atoms with van der Waals surface area (Å²) >= 11 is 0. The largest absolute Gasteiger partial charge is 0.340 e. The molecule has 0 unspecified atom stereocenters. The molecule has 0 aromatic carbocycles. The highest BCUT2D eigenvalue weighted by molar-refractivity contribution is 7.85. The second-order valence-electron chi connectivity index (χ2n) is 4.39. The molecule has 15 heavy (non-hydrogen) atoms. The Bertz CT molecular complexity index is 223. The smallest absolute Gasteiger partial charge is 0.228 e. The molecule has 0 atom stereocenters. The molecule has 4 heteroatoms. The average molecular weight is 233 g/mol. The zero-order valence-corrected chi connectivity index (χ0v) is 11.3. The summed E-state index contributed by atoms with van der Waals surface area (Å²) in [5.41, 5.74) is -0.307. The van der Waals surface area contributed by atoms with Gasteiger partial charge in [0.1, 0.15) is 0 Å². The molecule has 1 saturated heterocycles. The van der Waals surface area contributed by atoms with Gasteiger partial charge in [0, 0.05) is 40.8 Å². The van der Waals surface area contributed by atoms with Gasteiger partial charge in [0.25, 0.3) is 0 Å². The lowest BCUT2D eigenvalue weighted by Crippen LogP contribution is -2.46. The van der Waals surface area contributed by atoms with Gasteiger partial charge in [0.2, 0.25) is 5.91 Å². The Morgan fingerprint density at radius 1 is 1.13 bits per heavy atom. The maximum Gasteiger partial charge on any atom is 0.228 e. The zero-order valence-electron chi connectivity index (χ0n) is 10.5. The van der Waals surface area contributed by atoms with E-state index >= 15 is 0 Å². The van der Waals surface area contributed by atoms with Gasteiger partial charge >= 0.3 is 0 Å². The molecular weight excluding hydrogens is 210 g/mol. The Hall–Kier alpha value is -0.380. The molecule has 0 bridgehead atoms. The van der Waals surface area contributed by atoms with Gasteiger partial charge in [-0.15, -0.1) is 0 Å². The molecule has 1 heterocycles. The van der Waals surface area contributed by atoms with Crippen LogP contribution in [0.2, 0.25) is 0 Å². The van der Waals surface area contributed by atoms with Gasteiger partial charge in [-0.05, 0) is 0 Å². The van der Waals surface area contributed by atoms with Crippen LogP contribution in [0.5, 0.6) is 0 Å². The molecule has 1 fully saturated rings. The number of carbonyl (C=O) groups is 1. The van der Waals surface area contributed by atoms with Crippen LogP contribution in [-0.2, 0) is 15.6 Å². The van der Waals surface area contributed by atoms with Crippen LogP contribution in [0.1, 0.15) is 34.6 Å². The van der Waals surface area contributed by atoms with Crippen molar-refractivity contribution in [1.29, 1.82) is 0 Å². The summed E-state index contributed by atoms with van der Waals surface area (Å²) in [6, 6.07) is 0. The fraction of sp³-hybridized carbons (Fsp3) is 0.909. The Kier molecular flexibility index (Phi) is 6.10. The summed E-state index contributed by atoms with van der Waals surface area (Å²) in [6.07, 6.45) is 0. The van der Waals surface area contributed by atoms with E-state index < -0.39 is 10.8 Å². The van der Waals surface area contributed by atoms with Crippen LogP contribution < -0.4 is 0 Å². The lowest BCUT2D eigenvalue weighted by molar-refractivity contribution is -0.139. The lowest BCUT2D eigenvalue weighted by Gasteiger charge is -2.31. The quantitative estimate of drug-likeness (QED) is 0.638. The molecule has 90 valence electrons.